The van der Waals surface area contributed by atoms with E-state index >= 15 is 0 Å². The number of nitrogens with zero attached hydrogens (tertiary/aromatic N) is 1. The first-order valence-electron chi connectivity index (χ1n) is 12.7. The number of benzene rings is 1. The molecule has 1 aliphatic carbocycles. The van der Waals surface area contributed by atoms with Crippen molar-refractivity contribution in [2.24, 2.45) is 5.92 Å². The number of ether oxygens (including phenoxy) is 1. The minimum Gasteiger partial charge on any atom is -0.494 e. The normalized spacial score (nSPS) is 18.9. The number of rotatable bonds is 8. The highest BCUT2D eigenvalue weighted by Gasteiger charge is 2.25. The van der Waals surface area contributed by atoms with E-state index in [0.29, 0.717) is 18.4 Å². The largest absolute Gasteiger partial charge is 0.494 e. The summed E-state index contributed by atoms with van der Waals surface area (Å²) < 4.78 is 12.6. The molecule has 0 spiro atoms. The summed E-state index contributed by atoms with van der Waals surface area (Å²) in [4.78, 5) is 19.3. The van der Waals surface area contributed by atoms with E-state index in [2.05, 4.69) is 63.9 Å². The van der Waals surface area contributed by atoms with E-state index in [0.717, 1.165) is 71.8 Å². The smallest absolute Gasteiger partial charge is 0.307 e. The fraction of sp³-hybridized carbons (Fsp3) is 0.571. The lowest BCUT2D eigenvalue weighted by atomic mass is 9.84. The van der Waals surface area contributed by atoms with Gasteiger partial charge in [-0.25, -0.2) is 4.98 Å². The Balaban J connectivity index is 1.38. The maximum atomic E-state index is 11.4. The van der Waals surface area contributed by atoms with Gasteiger partial charge in [0.05, 0.1) is 17.6 Å². The molecule has 4 rings (SSSR count). The number of aromatic hydroxyl groups is 1. The molecule has 2 N–H and O–H groups in total. The zero-order valence-corrected chi connectivity index (χ0v) is 22.3. The van der Waals surface area contributed by atoms with Crippen molar-refractivity contribution in [2.45, 2.75) is 97.2 Å². The van der Waals surface area contributed by atoms with Gasteiger partial charge in [0.25, 0.3) is 0 Å². The number of hydrogen-bond acceptors (Lipinski definition) is 6. The Kier molecular flexibility index (Phi) is 7.86. The van der Waals surface area contributed by atoms with Crippen LogP contribution in [0.1, 0.15) is 94.5 Å². The number of nitrogens with one attached hydrogen (secondary N) is 1. The topological polar surface area (TPSA) is 88.4 Å². The molecule has 0 aliphatic heterocycles. The van der Waals surface area contributed by atoms with E-state index in [-0.39, 0.29) is 28.2 Å². The highest BCUT2D eigenvalue weighted by atomic mass is 32.1. The van der Waals surface area contributed by atoms with Crippen LogP contribution >= 0.6 is 11.3 Å². The van der Waals surface area contributed by atoms with Gasteiger partial charge >= 0.3 is 4.87 Å². The molecular formula is C28H38N2O4S. The van der Waals surface area contributed by atoms with E-state index in [4.69, 9.17) is 14.1 Å². The van der Waals surface area contributed by atoms with Crippen molar-refractivity contribution in [2.75, 3.05) is 0 Å². The molecule has 2 atom stereocenters. The molecule has 2 aromatic heterocycles. The maximum absolute atomic E-state index is 11.4. The second kappa shape index (κ2) is 10.7. The molecule has 0 radical (unpaired) electrons. The molecule has 0 bridgehead atoms. The van der Waals surface area contributed by atoms with E-state index in [1.807, 2.05) is 0 Å². The van der Waals surface area contributed by atoms with Crippen molar-refractivity contribution in [3.05, 3.63) is 55.8 Å². The molecule has 7 heteroatoms. The van der Waals surface area contributed by atoms with Crippen LogP contribution in [0.5, 0.6) is 5.88 Å². The average Bonchev–Trinajstić information content (AvgIpc) is 3.38. The highest BCUT2D eigenvalue weighted by molar-refractivity contribution is 7.09. The standard InChI is InChI=1S/C28H38N2O4S/c1-17(2)24-22(29-26(34-24)19-10-12-20(13-11-19)28(3,4)5)16-33-21-8-6-7-18(15-21)9-14-23-25(31)30-27(32)35-23/h10-13,17-18,21,31H,6-9,14-16H2,1-5H3,(H,30,32)/t18-,21-/m0/s1. The Morgan fingerprint density at radius 1 is 1.23 bits per heavy atom. The predicted octanol–water partition coefficient (Wildman–Crippen LogP) is 6.93. The lowest BCUT2D eigenvalue weighted by Gasteiger charge is -2.29. The molecule has 1 aliphatic rings. The van der Waals surface area contributed by atoms with Crippen LogP contribution in [-0.4, -0.2) is 21.2 Å². The zero-order valence-electron chi connectivity index (χ0n) is 21.5. The zero-order chi connectivity index (χ0) is 25.2. The maximum Gasteiger partial charge on any atom is 0.307 e. The van der Waals surface area contributed by atoms with E-state index < -0.39 is 0 Å². The third-order valence-corrected chi connectivity index (χ3v) is 7.85. The molecule has 2 heterocycles. The van der Waals surface area contributed by atoms with Gasteiger partial charge in [-0.15, -0.1) is 0 Å². The molecular weight excluding hydrogens is 460 g/mol. The van der Waals surface area contributed by atoms with E-state index in [1.54, 1.807) is 0 Å². The van der Waals surface area contributed by atoms with Crippen molar-refractivity contribution in [3.8, 4) is 17.3 Å². The van der Waals surface area contributed by atoms with E-state index in [9.17, 15) is 9.90 Å². The fourth-order valence-electron chi connectivity index (χ4n) is 4.86. The minimum atomic E-state index is -0.194. The minimum absolute atomic E-state index is 0.0275. The van der Waals surface area contributed by atoms with Gasteiger partial charge in [-0.1, -0.05) is 70.9 Å². The molecule has 1 aromatic carbocycles. The summed E-state index contributed by atoms with van der Waals surface area (Å²) in [6.07, 6.45) is 6.22. The SMILES string of the molecule is CC(C)c1oc(-c2ccc(C(C)(C)C)cc2)nc1CO[C@H]1CCC[C@@H](CCc2sc(=O)[nH]c2O)C1. The van der Waals surface area contributed by atoms with Gasteiger partial charge in [-0.2, -0.15) is 0 Å². The number of aromatic nitrogens is 2. The Morgan fingerprint density at radius 2 is 1.97 bits per heavy atom. The summed E-state index contributed by atoms with van der Waals surface area (Å²) in [6.45, 7) is 11.3. The summed E-state index contributed by atoms with van der Waals surface area (Å²) in [7, 11) is 0. The number of H-pyrrole nitrogens is 1. The van der Waals surface area contributed by atoms with Crippen LogP contribution in [-0.2, 0) is 23.2 Å². The Labute approximate surface area is 211 Å². The van der Waals surface area contributed by atoms with Crippen molar-refractivity contribution in [1.29, 1.82) is 0 Å². The van der Waals surface area contributed by atoms with Gasteiger partial charge in [-0.3, -0.25) is 9.78 Å². The van der Waals surface area contributed by atoms with Crippen molar-refractivity contribution in [1.82, 2.24) is 9.97 Å². The predicted molar refractivity (Wildman–Crippen MR) is 140 cm³/mol. The van der Waals surface area contributed by atoms with Gasteiger partial charge in [0, 0.05) is 11.5 Å². The van der Waals surface area contributed by atoms with Crippen LogP contribution in [0.4, 0.5) is 0 Å². The second-order valence-electron chi connectivity index (χ2n) is 11.1. The molecule has 1 saturated carbocycles. The van der Waals surface area contributed by atoms with Crippen LogP contribution in [0.2, 0.25) is 0 Å². The van der Waals surface area contributed by atoms with Gasteiger partial charge in [0.1, 0.15) is 11.5 Å². The van der Waals surface area contributed by atoms with Gasteiger partial charge in [0.15, 0.2) is 0 Å². The molecule has 35 heavy (non-hydrogen) atoms. The van der Waals surface area contributed by atoms with Gasteiger partial charge < -0.3 is 14.3 Å². The monoisotopic (exact) mass is 498 g/mol. The van der Waals surface area contributed by atoms with Gasteiger partial charge in [0.2, 0.25) is 11.8 Å². The van der Waals surface area contributed by atoms with E-state index in [1.165, 1.54) is 5.56 Å². The third-order valence-electron chi connectivity index (χ3n) is 6.92. The Bertz CT molecular complexity index is 1170. The molecule has 0 saturated heterocycles. The fourth-order valence-corrected chi connectivity index (χ4v) is 5.60. The third kappa shape index (κ3) is 6.44. The van der Waals surface area contributed by atoms with Crippen LogP contribution in [0.25, 0.3) is 11.5 Å². The second-order valence-corrected chi connectivity index (χ2v) is 12.2. The van der Waals surface area contributed by atoms with Crippen molar-refractivity contribution in [3.63, 3.8) is 0 Å². The number of hydrogen-bond donors (Lipinski definition) is 2. The summed E-state index contributed by atoms with van der Waals surface area (Å²) in [5.41, 5.74) is 3.27. The number of aryl methyl sites for hydroxylation is 1. The summed E-state index contributed by atoms with van der Waals surface area (Å²) >= 11 is 1.11. The van der Waals surface area contributed by atoms with Crippen molar-refractivity contribution >= 4 is 11.3 Å². The number of aromatic amines is 1. The molecule has 3 aromatic rings. The summed E-state index contributed by atoms with van der Waals surface area (Å²) in [5.74, 6) is 2.33. The lowest BCUT2D eigenvalue weighted by molar-refractivity contribution is -0.000705. The number of thiazole rings is 1. The highest BCUT2D eigenvalue weighted by Crippen LogP contribution is 2.33. The molecule has 0 amide bonds. The first kappa shape index (κ1) is 25.7. The summed E-state index contributed by atoms with van der Waals surface area (Å²) in [6, 6.07) is 8.48. The van der Waals surface area contributed by atoms with Crippen LogP contribution in [0.3, 0.4) is 0 Å². The van der Waals surface area contributed by atoms with Crippen LogP contribution < -0.4 is 4.87 Å². The molecule has 190 valence electrons. The quantitative estimate of drug-likeness (QED) is 0.352. The number of oxazole rings is 1. The van der Waals surface area contributed by atoms with Gasteiger partial charge in [-0.05, 0) is 54.7 Å². The first-order chi connectivity index (χ1) is 16.6. The van der Waals surface area contributed by atoms with Crippen LogP contribution in [0, 0.1) is 5.92 Å². The summed E-state index contributed by atoms with van der Waals surface area (Å²) in [5, 5.41) is 9.84. The molecule has 6 nitrogen and oxygen atoms in total. The Hall–Kier alpha value is -2.38. The Morgan fingerprint density at radius 3 is 2.60 bits per heavy atom. The van der Waals surface area contributed by atoms with Crippen molar-refractivity contribution < 1.29 is 14.3 Å². The molecule has 1 fully saturated rings. The van der Waals surface area contributed by atoms with Crippen LogP contribution in [0.15, 0.2) is 33.5 Å². The first-order valence-corrected chi connectivity index (χ1v) is 13.5. The molecule has 0 unspecified atom stereocenters. The lowest BCUT2D eigenvalue weighted by Crippen LogP contribution is -2.23. The average molecular weight is 499 g/mol.